The molecule has 1 fully saturated rings. The van der Waals surface area contributed by atoms with E-state index in [0.29, 0.717) is 12.3 Å². The quantitative estimate of drug-likeness (QED) is 0.910. The van der Waals surface area contributed by atoms with Crippen molar-refractivity contribution in [3.8, 4) is 0 Å². The molecule has 2 nitrogen and oxygen atoms in total. The van der Waals surface area contributed by atoms with E-state index in [-0.39, 0.29) is 0 Å². The molecular weight excluding hydrogens is 246 g/mol. The fraction of sp³-hybridized carbons (Fsp3) is 0.600. The Morgan fingerprint density at radius 1 is 1.28 bits per heavy atom. The molecular formula is C15H22ClNO. The Morgan fingerprint density at radius 2 is 1.83 bits per heavy atom. The van der Waals surface area contributed by atoms with Crippen LogP contribution in [0, 0.1) is 5.92 Å². The van der Waals surface area contributed by atoms with Gasteiger partial charge in [0.15, 0.2) is 0 Å². The monoisotopic (exact) mass is 267 g/mol. The lowest BCUT2D eigenvalue weighted by atomic mass is 9.78. The zero-order valence-corrected chi connectivity index (χ0v) is 12.0. The molecule has 1 heterocycles. The van der Waals surface area contributed by atoms with Crippen LogP contribution in [0.5, 0.6) is 0 Å². The van der Waals surface area contributed by atoms with Crippen LogP contribution in [0.1, 0.15) is 25.3 Å². The molecule has 1 aromatic rings. The topological polar surface area (TPSA) is 23.5 Å². The van der Waals surface area contributed by atoms with Gasteiger partial charge < -0.3 is 10.0 Å². The lowest BCUT2D eigenvalue weighted by molar-refractivity contribution is -0.0247. The molecule has 2 rings (SSSR count). The highest BCUT2D eigenvalue weighted by molar-refractivity contribution is 6.30. The summed E-state index contributed by atoms with van der Waals surface area (Å²) in [6.45, 7) is 4.14. The Morgan fingerprint density at radius 3 is 2.39 bits per heavy atom. The molecule has 100 valence electrons. The van der Waals surface area contributed by atoms with Crippen molar-refractivity contribution >= 4 is 11.6 Å². The van der Waals surface area contributed by atoms with E-state index >= 15 is 0 Å². The smallest absolute Gasteiger partial charge is 0.0688 e. The molecule has 1 aliphatic heterocycles. The molecule has 0 aliphatic carbocycles. The summed E-state index contributed by atoms with van der Waals surface area (Å²) in [5.74, 6) is 0.393. The van der Waals surface area contributed by atoms with Crippen LogP contribution in [0.4, 0.5) is 0 Å². The van der Waals surface area contributed by atoms with Crippen LogP contribution in [0.2, 0.25) is 5.02 Å². The summed E-state index contributed by atoms with van der Waals surface area (Å²) in [4.78, 5) is 2.33. The summed E-state index contributed by atoms with van der Waals surface area (Å²) >= 11 is 5.88. The van der Waals surface area contributed by atoms with Crippen molar-refractivity contribution in [2.75, 3.05) is 20.1 Å². The molecule has 1 saturated heterocycles. The highest BCUT2D eigenvalue weighted by Gasteiger charge is 2.33. The van der Waals surface area contributed by atoms with Crippen molar-refractivity contribution in [3.63, 3.8) is 0 Å². The first-order chi connectivity index (χ1) is 8.47. The van der Waals surface area contributed by atoms with Gasteiger partial charge in [-0.15, -0.1) is 0 Å². The van der Waals surface area contributed by atoms with Crippen molar-refractivity contribution in [2.45, 2.75) is 31.8 Å². The molecule has 0 saturated carbocycles. The number of piperidine rings is 1. The average molecular weight is 268 g/mol. The number of halogens is 1. The summed E-state index contributed by atoms with van der Waals surface area (Å²) in [6, 6.07) is 7.79. The van der Waals surface area contributed by atoms with Gasteiger partial charge in [-0.2, -0.15) is 0 Å². The Hall–Kier alpha value is -0.570. The Balaban J connectivity index is 2.00. The Kier molecular flexibility index (Phi) is 4.31. The van der Waals surface area contributed by atoms with E-state index < -0.39 is 5.60 Å². The number of nitrogens with zero attached hydrogens (tertiary/aromatic N) is 1. The molecule has 0 radical (unpaired) electrons. The lowest BCUT2D eigenvalue weighted by Crippen LogP contribution is -2.43. The highest BCUT2D eigenvalue weighted by Crippen LogP contribution is 2.30. The van der Waals surface area contributed by atoms with Crippen molar-refractivity contribution in [3.05, 3.63) is 34.9 Å². The number of aliphatic hydroxyl groups is 1. The maximum Gasteiger partial charge on any atom is 0.0688 e. The first-order valence-electron chi connectivity index (χ1n) is 6.63. The van der Waals surface area contributed by atoms with Crippen LogP contribution < -0.4 is 0 Å². The van der Waals surface area contributed by atoms with Gasteiger partial charge in [-0.3, -0.25) is 0 Å². The maximum atomic E-state index is 10.7. The lowest BCUT2D eigenvalue weighted by Gasteiger charge is -2.38. The van der Waals surface area contributed by atoms with Gasteiger partial charge in [-0.05, 0) is 63.5 Å². The van der Waals surface area contributed by atoms with Crippen LogP contribution in [0.3, 0.4) is 0 Å². The summed E-state index contributed by atoms with van der Waals surface area (Å²) in [6.07, 6.45) is 2.87. The average Bonchev–Trinajstić information content (AvgIpc) is 2.32. The third-order valence-corrected chi connectivity index (χ3v) is 4.33. The van der Waals surface area contributed by atoms with E-state index in [2.05, 4.69) is 11.9 Å². The van der Waals surface area contributed by atoms with E-state index in [1.54, 1.807) is 0 Å². The SMILES string of the molecule is CN1CCC([C@](C)(O)Cc2ccc(Cl)cc2)CC1. The van der Waals surface area contributed by atoms with Crippen LogP contribution in [-0.2, 0) is 6.42 Å². The van der Waals surface area contributed by atoms with Crippen LogP contribution in [0.25, 0.3) is 0 Å². The summed E-state index contributed by atoms with van der Waals surface area (Å²) in [5, 5.41) is 11.4. The first-order valence-corrected chi connectivity index (χ1v) is 7.00. The van der Waals surface area contributed by atoms with Crippen LogP contribution in [0.15, 0.2) is 24.3 Å². The van der Waals surface area contributed by atoms with Gasteiger partial charge >= 0.3 is 0 Å². The fourth-order valence-corrected chi connectivity index (χ4v) is 2.92. The minimum atomic E-state index is -0.616. The molecule has 0 bridgehead atoms. The van der Waals surface area contributed by atoms with Crippen molar-refractivity contribution in [1.82, 2.24) is 4.90 Å². The van der Waals surface area contributed by atoms with Gasteiger partial charge in [-0.1, -0.05) is 23.7 Å². The summed E-state index contributed by atoms with van der Waals surface area (Å²) in [7, 11) is 2.14. The zero-order valence-electron chi connectivity index (χ0n) is 11.2. The standard InChI is InChI=1S/C15H22ClNO/c1-15(18,13-7-9-17(2)10-8-13)11-12-3-5-14(16)6-4-12/h3-6,13,18H,7-11H2,1-2H3/t15-/m1/s1. The Bertz CT molecular complexity index is 380. The van der Waals surface area contributed by atoms with Gasteiger partial charge in [0.25, 0.3) is 0 Å². The van der Waals surface area contributed by atoms with E-state index in [4.69, 9.17) is 11.6 Å². The van der Waals surface area contributed by atoms with Gasteiger partial charge in [0.1, 0.15) is 0 Å². The van der Waals surface area contributed by atoms with E-state index in [9.17, 15) is 5.11 Å². The third-order valence-electron chi connectivity index (χ3n) is 4.07. The second-order valence-corrected chi connectivity index (χ2v) is 6.17. The number of benzene rings is 1. The molecule has 0 aromatic heterocycles. The van der Waals surface area contributed by atoms with E-state index in [1.165, 1.54) is 0 Å². The van der Waals surface area contributed by atoms with Crippen molar-refractivity contribution < 1.29 is 5.11 Å². The number of hydrogen-bond donors (Lipinski definition) is 1. The number of hydrogen-bond acceptors (Lipinski definition) is 2. The predicted molar refractivity (Wildman–Crippen MR) is 76.0 cm³/mol. The van der Waals surface area contributed by atoms with Crippen LogP contribution in [-0.4, -0.2) is 35.7 Å². The second kappa shape index (κ2) is 5.60. The highest BCUT2D eigenvalue weighted by atomic mass is 35.5. The van der Waals surface area contributed by atoms with Crippen molar-refractivity contribution in [2.24, 2.45) is 5.92 Å². The van der Waals surface area contributed by atoms with Crippen molar-refractivity contribution in [1.29, 1.82) is 0 Å². The molecule has 0 spiro atoms. The van der Waals surface area contributed by atoms with Crippen LogP contribution >= 0.6 is 11.6 Å². The van der Waals surface area contributed by atoms with E-state index in [0.717, 1.165) is 36.5 Å². The fourth-order valence-electron chi connectivity index (χ4n) is 2.79. The molecule has 3 heteroatoms. The van der Waals surface area contributed by atoms with Gasteiger partial charge in [0.05, 0.1) is 5.60 Å². The molecule has 1 aliphatic rings. The normalized spacial score (nSPS) is 21.8. The van der Waals surface area contributed by atoms with E-state index in [1.807, 2.05) is 31.2 Å². The Labute approximate surface area is 115 Å². The van der Waals surface area contributed by atoms with Gasteiger partial charge in [0.2, 0.25) is 0 Å². The van der Waals surface area contributed by atoms with Gasteiger partial charge in [-0.25, -0.2) is 0 Å². The molecule has 0 amide bonds. The second-order valence-electron chi connectivity index (χ2n) is 5.74. The van der Waals surface area contributed by atoms with Gasteiger partial charge in [0, 0.05) is 11.4 Å². The molecule has 1 atom stereocenters. The minimum absolute atomic E-state index is 0.393. The summed E-state index contributed by atoms with van der Waals surface area (Å²) < 4.78 is 0. The molecule has 18 heavy (non-hydrogen) atoms. The zero-order chi connectivity index (χ0) is 13.2. The summed E-state index contributed by atoms with van der Waals surface area (Å²) in [5.41, 5.74) is 0.540. The molecule has 0 unspecified atom stereocenters. The number of likely N-dealkylation sites (tertiary alicyclic amines) is 1. The largest absolute Gasteiger partial charge is 0.390 e. The predicted octanol–water partition coefficient (Wildman–Crippen LogP) is 2.98. The first kappa shape index (κ1) is 13.9. The minimum Gasteiger partial charge on any atom is -0.390 e. The maximum absolute atomic E-state index is 10.7. The molecule has 1 aromatic carbocycles. The molecule has 1 N–H and O–H groups in total. The third kappa shape index (κ3) is 3.47. The number of rotatable bonds is 3.